The lowest BCUT2D eigenvalue weighted by Crippen LogP contribution is -2.38. The van der Waals surface area contributed by atoms with Gasteiger partial charge in [0.25, 0.3) is 0 Å². The Bertz CT molecular complexity index is 268. The van der Waals surface area contributed by atoms with Crippen molar-refractivity contribution in [3.8, 4) is 0 Å². The van der Waals surface area contributed by atoms with Crippen LogP contribution in [0.1, 0.15) is 25.8 Å². The van der Waals surface area contributed by atoms with Crippen LogP contribution < -0.4 is 4.57 Å². The average molecular weight is 208 g/mol. The molecule has 0 radical (unpaired) electrons. The zero-order valence-electron chi connectivity index (χ0n) is 10.1. The second-order valence-corrected chi connectivity index (χ2v) is 3.99. The van der Waals surface area contributed by atoms with E-state index < -0.39 is 0 Å². The van der Waals surface area contributed by atoms with Crippen LogP contribution in [-0.4, -0.2) is 13.7 Å². The second-order valence-electron chi connectivity index (χ2n) is 3.99. The molecule has 0 aromatic carbocycles. The maximum atomic E-state index is 5.20. The van der Waals surface area contributed by atoms with Crippen molar-refractivity contribution in [3.63, 3.8) is 0 Å². The highest BCUT2D eigenvalue weighted by Crippen LogP contribution is 2.03. The number of rotatable bonds is 6. The Balaban J connectivity index is 2.55. The van der Waals surface area contributed by atoms with E-state index in [9.17, 15) is 0 Å². The standard InChI is InChI=1S/C13H22NO/c1-4-12-6-8-14(9-7-12)10-13(5-2)11-15-3/h6-9,13H,4-5,10-11H2,1-3H3/q+1. The van der Waals surface area contributed by atoms with Gasteiger partial charge in [0.15, 0.2) is 18.9 Å². The Morgan fingerprint density at radius 3 is 2.40 bits per heavy atom. The molecule has 0 fully saturated rings. The van der Waals surface area contributed by atoms with Crippen LogP contribution in [0.4, 0.5) is 0 Å². The Labute approximate surface area is 92.9 Å². The molecule has 15 heavy (non-hydrogen) atoms. The van der Waals surface area contributed by atoms with E-state index in [2.05, 4.69) is 42.9 Å². The van der Waals surface area contributed by atoms with Crippen molar-refractivity contribution < 1.29 is 9.30 Å². The first kappa shape index (κ1) is 12.2. The smallest absolute Gasteiger partial charge is 0.169 e. The summed E-state index contributed by atoms with van der Waals surface area (Å²) in [7, 11) is 1.77. The number of ether oxygens (including phenoxy) is 1. The molecule has 1 aromatic heterocycles. The lowest BCUT2D eigenvalue weighted by Gasteiger charge is -2.09. The summed E-state index contributed by atoms with van der Waals surface area (Å²) in [4.78, 5) is 0. The minimum absolute atomic E-state index is 0.618. The summed E-state index contributed by atoms with van der Waals surface area (Å²) in [5, 5.41) is 0. The Morgan fingerprint density at radius 2 is 1.93 bits per heavy atom. The molecule has 1 atom stereocenters. The zero-order chi connectivity index (χ0) is 11.1. The number of aromatic nitrogens is 1. The fraction of sp³-hybridized carbons (Fsp3) is 0.615. The van der Waals surface area contributed by atoms with Gasteiger partial charge in [0.05, 0.1) is 6.61 Å². The van der Waals surface area contributed by atoms with Crippen molar-refractivity contribution in [1.82, 2.24) is 0 Å². The number of hydrogen-bond donors (Lipinski definition) is 0. The van der Waals surface area contributed by atoms with Crippen molar-refractivity contribution in [3.05, 3.63) is 30.1 Å². The van der Waals surface area contributed by atoms with Crippen LogP contribution in [0.2, 0.25) is 0 Å². The average Bonchev–Trinajstić information content (AvgIpc) is 2.29. The van der Waals surface area contributed by atoms with Crippen molar-refractivity contribution >= 4 is 0 Å². The van der Waals surface area contributed by atoms with Crippen LogP contribution in [-0.2, 0) is 17.7 Å². The van der Waals surface area contributed by atoms with Gasteiger partial charge in [-0.3, -0.25) is 0 Å². The van der Waals surface area contributed by atoms with Gasteiger partial charge in [-0.05, 0) is 18.4 Å². The number of pyridine rings is 1. The molecule has 1 aromatic rings. The largest absolute Gasteiger partial charge is 0.384 e. The fourth-order valence-electron chi connectivity index (χ4n) is 1.68. The number of methoxy groups -OCH3 is 1. The van der Waals surface area contributed by atoms with Gasteiger partial charge in [0, 0.05) is 25.2 Å². The molecule has 0 aliphatic heterocycles. The summed E-state index contributed by atoms with van der Waals surface area (Å²) >= 11 is 0. The zero-order valence-corrected chi connectivity index (χ0v) is 10.1. The van der Waals surface area contributed by atoms with E-state index in [1.807, 2.05) is 0 Å². The van der Waals surface area contributed by atoms with Crippen LogP contribution in [0.5, 0.6) is 0 Å². The van der Waals surface area contributed by atoms with Crippen molar-refractivity contribution in [1.29, 1.82) is 0 Å². The summed E-state index contributed by atoms with van der Waals surface area (Å²) in [5.41, 5.74) is 1.39. The lowest BCUT2D eigenvalue weighted by atomic mass is 10.1. The summed E-state index contributed by atoms with van der Waals surface area (Å²) in [6.07, 6.45) is 6.60. The van der Waals surface area contributed by atoms with E-state index in [1.165, 1.54) is 5.56 Å². The molecule has 0 spiro atoms. The predicted molar refractivity (Wildman–Crippen MR) is 61.7 cm³/mol. The van der Waals surface area contributed by atoms with Gasteiger partial charge < -0.3 is 4.74 Å². The maximum Gasteiger partial charge on any atom is 0.169 e. The molecule has 2 heteroatoms. The SMILES string of the molecule is CCc1cc[n+](CC(CC)COC)cc1. The summed E-state index contributed by atoms with van der Waals surface area (Å²) in [6.45, 7) is 6.29. The first-order valence-corrected chi connectivity index (χ1v) is 5.77. The van der Waals surface area contributed by atoms with Crippen LogP contribution >= 0.6 is 0 Å². The van der Waals surface area contributed by atoms with Crippen molar-refractivity contribution in [2.45, 2.75) is 33.2 Å². The molecule has 0 amide bonds. The van der Waals surface area contributed by atoms with E-state index in [-0.39, 0.29) is 0 Å². The van der Waals surface area contributed by atoms with Crippen LogP contribution in [0.3, 0.4) is 0 Å². The molecule has 1 heterocycles. The third-order valence-corrected chi connectivity index (χ3v) is 2.82. The van der Waals surface area contributed by atoms with E-state index >= 15 is 0 Å². The van der Waals surface area contributed by atoms with Gasteiger partial charge in [-0.25, -0.2) is 4.57 Å². The third kappa shape index (κ3) is 4.00. The molecule has 0 bridgehead atoms. The van der Waals surface area contributed by atoms with Crippen molar-refractivity contribution in [2.24, 2.45) is 5.92 Å². The third-order valence-electron chi connectivity index (χ3n) is 2.82. The van der Waals surface area contributed by atoms with Gasteiger partial charge in [-0.2, -0.15) is 0 Å². The molecule has 0 aliphatic rings. The molecule has 1 unspecified atom stereocenters. The lowest BCUT2D eigenvalue weighted by molar-refractivity contribution is -0.703. The molecule has 2 nitrogen and oxygen atoms in total. The molecule has 0 saturated heterocycles. The van der Waals surface area contributed by atoms with E-state index in [1.54, 1.807) is 7.11 Å². The van der Waals surface area contributed by atoms with E-state index in [4.69, 9.17) is 4.74 Å². The molecule has 0 aliphatic carbocycles. The van der Waals surface area contributed by atoms with Gasteiger partial charge in [-0.1, -0.05) is 13.8 Å². The number of nitrogens with zero attached hydrogens (tertiary/aromatic N) is 1. The molecule has 0 saturated carbocycles. The minimum atomic E-state index is 0.618. The summed E-state index contributed by atoms with van der Waals surface area (Å²) in [6, 6.07) is 4.39. The predicted octanol–water partition coefficient (Wildman–Crippen LogP) is 2.21. The topological polar surface area (TPSA) is 13.1 Å². The van der Waals surface area contributed by atoms with Gasteiger partial charge >= 0.3 is 0 Å². The van der Waals surface area contributed by atoms with Crippen LogP contribution in [0.15, 0.2) is 24.5 Å². The molecular formula is C13H22NO+. The summed E-state index contributed by atoms with van der Waals surface area (Å²) in [5.74, 6) is 0.618. The summed E-state index contributed by atoms with van der Waals surface area (Å²) < 4.78 is 7.44. The van der Waals surface area contributed by atoms with Crippen molar-refractivity contribution in [2.75, 3.05) is 13.7 Å². The quantitative estimate of drug-likeness (QED) is 0.653. The van der Waals surface area contributed by atoms with Crippen LogP contribution in [0.25, 0.3) is 0 Å². The number of hydrogen-bond acceptors (Lipinski definition) is 1. The second kappa shape index (κ2) is 6.57. The fourth-order valence-corrected chi connectivity index (χ4v) is 1.68. The molecule has 0 N–H and O–H groups in total. The highest BCUT2D eigenvalue weighted by molar-refractivity contribution is 5.06. The van der Waals surface area contributed by atoms with Crippen LogP contribution in [0, 0.1) is 5.92 Å². The number of aryl methyl sites for hydroxylation is 1. The maximum absolute atomic E-state index is 5.20. The molecule has 1 rings (SSSR count). The molecule has 84 valence electrons. The van der Waals surface area contributed by atoms with Gasteiger partial charge in [0.2, 0.25) is 0 Å². The monoisotopic (exact) mass is 208 g/mol. The van der Waals surface area contributed by atoms with E-state index in [0.29, 0.717) is 5.92 Å². The van der Waals surface area contributed by atoms with Gasteiger partial charge in [0.1, 0.15) is 0 Å². The normalized spacial score (nSPS) is 12.7. The highest BCUT2D eigenvalue weighted by atomic mass is 16.5. The Hall–Kier alpha value is -0.890. The molecular weight excluding hydrogens is 186 g/mol. The van der Waals surface area contributed by atoms with Gasteiger partial charge in [-0.15, -0.1) is 0 Å². The van der Waals surface area contributed by atoms with E-state index in [0.717, 1.165) is 26.0 Å². The highest BCUT2D eigenvalue weighted by Gasteiger charge is 2.11. The Morgan fingerprint density at radius 1 is 1.27 bits per heavy atom. The Kier molecular flexibility index (Phi) is 5.33. The first-order valence-electron chi connectivity index (χ1n) is 5.77. The minimum Gasteiger partial charge on any atom is -0.384 e. The first-order chi connectivity index (χ1) is 7.30.